The van der Waals surface area contributed by atoms with E-state index >= 15 is 0 Å². The molecule has 0 spiro atoms. The molecular formula is C23H25N3. The lowest BCUT2D eigenvalue weighted by molar-refractivity contribution is 0.481. The minimum absolute atomic E-state index is 0.0277. The molecule has 1 aliphatic heterocycles. The summed E-state index contributed by atoms with van der Waals surface area (Å²) in [6.07, 6.45) is 9.24. The van der Waals surface area contributed by atoms with Gasteiger partial charge in [-0.1, -0.05) is 42.0 Å². The SMILES string of the molecule is CC1=CC2(C)Nc3c(N=NC(C)C)c4c(c5cccc(c35)C12)=CCCC=4. The van der Waals surface area contributed by atoms with Crippen molar-refractivity contribution in [3.63, 3.8) is 0 Å². The van der Waals surface area contributed by atoms with E-state index in [2.05, 4.69) is 74.6 Å². The molecule has 3 aliphatic rings. The van der Waals surface area contributed by atoms with Gasteiger partial charge in [0.05, 0.1) is 17.3 Å². The lowest BCUT2D eigenvalue weighted by atomic mass is 9.63. The number of nitrogens with one attached hydrogen (secondary N) is 1. The van der Waals surface area contributed by atoms with Crippen molar-refractivity contribution >= 4 is 34.3 Å². The molecule has 2 aliphatic carbocycles. The fraction of sp³-hybridized carbons (Fsp3) is 0.391. The van der Waals surface area contributed by atoms with Crippen LogP contribution in [-0.4, -0.2) is 11.6 Å². The van der Waals surface area contributed by atoms with E-state index in [-0.39, 0.29) is 11.6 Å². The number of hydrogen-bond acceptors (Lipinski definition) is 3. The summed E-state index contributed by atoms with van der Waals surface area (Å²) in [4.78, 5) is 0. The van der Waals surface area contributed by atoms with Crippen LogP contribution in [0.1, 0.15) is 52.0 Å². The molecule has 0 saturated heterocycles. The average molecular weight is 343 g/mol. The molecule has 0 fully saturated rings. The van der Waals surface area contributed by atoms with Crippen molar-refractivity contribution in [1.82, 2.24) is 0 Å². The fourth-order valence-corrected chi connectivity index (χ4v) is 5.08. The molecule has 0 amide bonds. The monoisotopic (exact) mass is 343 g/mol. The Hall–Kier alpha value is -2.42. The maximum atomic E-state index is 4.74. The minimum Gasteiger partial charge on any atom is -0.373 e. The maximum absolute atomic E-state index is 4.74. The predicted molar refractivity (Wildman–Crippen MR) is 110 cm³/mol. The number of rotatable bonds is 2. The topological polar surface area (TPSA) is 36.8 Å². The molecule has 0 aromatic heterocycles. The summed E-state index contributed by atoms with van der Waals surface area (Å²) in [6, 6.07) is 6.97. The molecule has 3 heteroatoms. The van der Waals surface area contributed by atoms with Crippen molar-refractivity contribution in [3.05, 3.63) is 45.8 Å². The minimum atomic E-state index is -0.0277. The lowest BCUT2D eigenvalue weighted by Gasteiger charge is -2.50. The second kappa shape index (κ2) is 5.29. The second-order valence-corrected chi connectivity index (χ2v) is 8.34. The summed E-state index contributed by atoms with van der Waals surface area (Å²) in [7, 11) is 0. The second-order valence-electron chi connectivity index (χ2n) is 8.34. The van der Waals surface area contributed by atoms with Gasteiger partial charge >= 0.3 is 0 Å². The molecule has 2 aromatic rings. The molecule has 132 valence electrons. The Morgan fingerprint density at radius 3 is 2.65 bits per heavy atom. The van der Waals surface area contributed by atoms with Gasteiger partial charge < -0.3 is 5.32 Å². The first-order chi connectivity index (χ1) is 12.5. The van der Waals surface area contributed by atoms with E-state index in [0.29, 0.717) is 5.92 Å². The quantitative estimate of drug-likeness (QED) is 0.610. The van der Waals surface area contributed by atoms with Crippen molar-refractivity contribution in [3.8, 4) is 0 Å². The van der Waals surface area contributed by atoms with E-state index in [1.807, 2.05) is 0 Å². The Kier molecular flexibility index (Phi) is 3.22. The van der Waals surface area contributed by atoms with Crippen LogP contribution in [0.5, 0.6) is 0 Å². The molecule has 0 radical (unpaired) electrons. The Bertz CT molecular complexity index is 1120. The molecular weight excluding hydrogens is 318 g/mol. The first-order valence-electron chi connectivity index (χ1n) is 9.67. The standard InChI is InChI=1S/C23H25N3/c1-13(2)25-26-21-17-9-6-5-8-15(17)16-10-7-11-18-19(16)22(21)24-23(4)12-14(3)20(18)23/h7-13,20,24H,5-6H2,1-4H3. The summed E-state index contributed by atoms with van der Waals surface area (Å²) >= 11 is 0. The number of benzene rings is 2. The number of anilines is 1. The summed E-state index contributed by atoms with van der Waals surface area (Å²) in [5, 5.41) is 18.4. The van der Waals surface area contributed by atoms with Gasteiger partial charge in [-0.2, -0.15) is 10.2 Å². The molecule has 1 heterocycles. The van der Waals surface area contributed by atoms with Gasteiger partial charge in [0.15, 0.2) is 0 Å². The van der Waals surface area contributed by atoms with Crippen LogP contribution in [0.15, 0.2) is 40.1 Å². The lowest BCUT2D eigenvalue weighted by Crippen LogP contribution is -2.49. The van der Waals surface area contributed by atoms with Crippen LogP contribution in [0.2, 0.25) is 0 Å². The van der Waals surface area contributed by atoms with E-state index in [1.54, 1.807) is 0 Å². The molecule has 2 unspecified atom stereocenters. The van der Waals surface area contributed by atoms with Crippen LogP contribution in [0, 0.1) is 0 Å². The summed E-state index contributed by atoms with van der Waals surface area (Å²) in [5.74, 6) is 0.444. The summed E-state index contributed by atoms with van der Waals surface area (Å²) in [6.45, 7) is 8.69. The summed E-state index contributed by atoms with van der Waals surface area (Å²) in [5.41, 5.74) is 5.04. The average Bonchev–Trinajstić information content (AvgIpc) is 2.60. The summed E-state index contributed by atoms with van der Waals surface area (Å²) < 4.78 is 0. The van der Waals surface area contributed by atoms with Crippen LogP contribution in [0.3, 0.4) is 0 Å². The van der Waals surface area contributed by atoms with Crippen LogP contribution in [0.4, 0.5) is 11.4 Å². The fourth-order valence-electron chi connectivity index (χ4n) is 5.08. The number of hydrogen-bond donors (Lipinski definition) is 1. The van der Waals surface area contributed by atoms with Gasteiger partial charge in [0.2, 0.25) is 0 Å². The van der Waals surface area contributed by atoms with Crippen LogP contribution in [0.25, 0.3) is 22.9 Å². The highest BCUT2D eigenvalue weighted by Gasteiger charge is 2.46. The predicted octanol–water partition coefficient (Wildman–Crippen LogP) is 4.91. The number of nitrogens with zero attached hydrogens (tertiary/aromatic N) is 2. The zero-order valence-electron chi connectivity index (χ0n) is 15.9. The van der Waals surface area contributed by atoms with Gasteiger partial charge in [-0.15, -0.1) is 0 Å². The van der Waals surface area contributed by atoms with Gasteiger partial charge in [-0.05, 0) is 56.7 Å². The molecule has 0 saturated carbocycles. The normalized spacial score (nSPS) is 25.7. The van der Waals surface area contributed by atoms with Gasteiger partial charge in [0.1, 0.15) is 5.69 Å². The van der Waals surface area contributed by atoms with Gasteiger partial charge in [0, 0.05) is 16.5 Å². The van der Waals surface area contributed by atoms with Crippen molar-refractivity contribution in [2.75, 3.05) is 5.32 Å². The Balaban J connectivity index is 1.94. The Labute approximate surface area is 154 Å². The van der Waals surface area contributed by atoms with Crippen molar-refractivity contribution in [2.24, 2.45) is 10.2 Å². The number of fused-ring (bicyclic) bond motifs is 4. The third kappa shape index (κ3) is 2.00. The third-order valence-corrected chi connectivity index (χ3v) is 5.96. The molecule has 5 rings (SSSR count). The van der Waals surface area contributed by atoms with E-state index < -0.39 is 0 Å². The van der Waals surface area contributed by atoms with Crippen molar-refractivity contribution in [2.45, 2.75) is 58.0 Å². The first-order valence-corrected chi connectivity index (χ1v) is 9.67. The molecule has 26 heavy (non-hydrogen) atoms. The largest absolute Gasteiger partial charge is 0.373 e. The van der Waals surface area contributed by atoms with Gasteiger partial charge in [0.25, 0.3) is 0 Å². The van der Waals surface area contributed by atoms with Crippen molar-refractivity contribution < 1.29 is 0 Å². The highest BCUT2D eigenvalue weighted by atomic mass is 15.1. The number of azo groups is 1. The van der Waals surface area contributed by atoms with E-state index in [4.69, 9.17) is 5.11 Å². The van der Waals surface area contributed by atoms with Crippen LogP contribution < -0.4 is 15.8 Å². The Morgan fingerprint density at radius 1 is 1.15 bits per heavy atom. The van der Waals surface area contributed by atoms with Crippen LogP contribution >= 0.6 is 0 Å². The highest BCUT2D eigenvalue weighted by Crippen LogP contribution is 2.54. The highest BCUT2D eigenvalue weighted by molar-refractivity contribution is 6.05. The Morgan fingerprint density at radius 2 is 1.92 bits per heavy atom. The molecule has 1 N–H and O–H groups in total. The van der Waals surface area contributed by atoms with Gasteiger partial charge in [-0.3, -0.25) is 0 Å². The third-order valence-electron chi connectivity index (χ3n) is 5.96. The zero-order valence-corrected chi connectivity index (χ0v) is 15.9. The van der Waals surface area contributed by atoms with E-state index in [0.717, 1.165) is 24.2 Å². The van der Waals surface area contributed by atoms with Gasteiger partial charge in [-0.25, -0.2) is 0 Å². The molecule has 3 nitrogen and oxygen atoms in total. The molecule has 2 aromatic carbocycles. The van der Waals surface area contributed by atoms with E-state index in [9.17, 15) is 0 Å². The molecule has 2 atom stereocenters. The van der Waals surface area contributed by atoms with E-state index in [1.165, 1.54) is 32.3 Å². The zero-order chi connectivity index (χ0) is 18.1. The van der Waals surface area contributed by atoms with Crippen molar-refractivity contribution in [1.29, 1.82) is 0 Å². The smallest absolute Gasteiger partial charge is 0.117 e. The maximum Gasteiger partial charge on any atom is 0.117 e. The van der Waals surface area contributed by atoms with Crippen LogP contribution in [-0.2, 0) is 0 Å². The molecule has 0 bridgehead atoms. The first kappa shape index (κ1) is 15.8.